The average Bonchev–Trinajstić information content (AvgIpc) is 3.39. The molecule has 0 heterocycles. The normalized spacial score (nSPS) is 19.8. The minimum Gasteiger partial charge on any atom is -0.356 e. The van der Waals surface area contributed by atoms with Crippen LogP contribution in [0.3, 0.4) is 0 Å². The summed E-state index contributed by atoms with van der Waals surface area (Å²) < 4.78 is 26.9. The van der Waals surface area contributed by atoms with Crippen LogP contribution in [0, 0.1) is 29.4 Å². The van der Waals surface area contributed by atoms with E-state index < -0.39 is 11.6 Å². The van der Waals surface area contributed by atoms with Crippen molar-refractivity contribution in [2.45, 2.75) is 38.6 Å². The van der Waals surface area contributed by atoms with Crippen LogP contribution in [0.25, 0.3) is 0 Å². The molecule has 2 fully saturated rings. The van der Waals surface area contributed by atoms with Gasteiger partial charge in [0.25, 0.3) is 0 Å². The molecule has 126 valence electrons. The fourth-order valence-electron chi connectivity index (χ4n) is 3.31. The molecule has 0 aliphatic heterocycles. The number of rotatable bonds is 6. The minimum atomic E-state index is -0.558. The zero-order valence-corrected chi connectivity index (χ0v) is 13.8. The van der Waals surface area contributed by atoms with Crippen LogP contribution >= 0.6 is 0 Å². The van der Waals surface area contributed by atoms with Gasteiger partial charge in [0.2, 0.25) is 0 Å². The molecular formula is C18H25F2N3. The molecule has 1 atom stereocenters. The van der Waals surface area contributed by atoms with Gasteiger partial charge in [0.05, 0.1) is 6.04 Å². The molecule has 5 heteroatoms. The van der Waals surface area contributed by atoms with Crippen LogP contribution < -0.4 is 10.6 Å². The van der Waals surface area contributed by atoms with Crippen LogP contribution in [0.5, 0.6) is 0 Å². The highest BCUT2D eigenvalue weighted by Crippen LogP contribution is 2.48. The number of benzene rings is 1. The van der Waals surface area contributed by atoms with Crippen LogP contribution in [0.2, 0.25) is 0 Å². The maximum Gasteiger partial charge on any atom is 0.191 e. The molecule has 2 aliphatic rings. The van der Waals surface area contributed by atoms with Crippen molar-refractivity contribution in [3.63, 3.8) is 0 Å². The van der Waals surface area contributed by atoms with Crippen molar-refractivity contribution in [2.75, 3.05) is 13.6 Å². The van der Waals surface area contributed by atoms with Crippen molar-refractivity contribution in [2.24, 2.45) is 22.7 Å². The van der Waals surface area contributed by atoms with Crippen LogP contribution in [0.1, 0.15) is 44.2 Å². The standard InChI is InChI=1S/C18H25F2N3/c1-11(15-8-7-14(19)9-17(15)20)23-18(21-2)22-10-16(12-3-4-12)13-5-6-13/h7-9,11-13,16H,3-6,10H2,1-2H3,(H2,21,22,23). The maximum absolute atomic E-state index is 13.9. The quantitative estimate of drug-likeness (QED) is 0.620. The van der Waals surface area contributed by atoms with Crippen molar-refractivity contribution in [1.29, 1.82) is 0 Å². The molecule has 3 rings (SSSR count). The van der Waals surface area contributed by atoms with Gasteiger partial charge in [0.1, 0.15) is 11.6 Å². The van der Waals surface area contributed by atoms with Gasteiger partial charge in [-0.05, 0) is 56.4 Å². The lowest BCUT2D eigenvalue weighted by Crippen LogP contribution is -2.41. The first-order valence-corrected chi connectivity index (χ1v) is 8.50. The smallest absolute Gasteiger partial charge is 0.191 e. The van der Waals surface area contributed by atoms with Crippen LogP contribution in [0.15, 0.2) is 23.2 Å². The molecule has 2 saturated carbocycles. The first kappa shape index (κ1) is 16.2. The molecule has 3 nitrogen and oxygen atoms in total. The summed E-state index contributed by atoms with van der Waals surface area (Å²) in [5.74, 6) is 2.08. The van der Waals surface area contributed by atoms with Crippen LogP contribution in [-0.4, -0.2) is 19.6 Å². The third kappa shape index (κ3) is 4.21. The molecule has 0 bridgehead atoms. The lowest BCUT2D eigenvalue weighted by Gasteiger charge is -2.22. The molecule has 2 aliphatic carbocycles. The summed E-state index contributed by atoms with van der Waals surface area (Å²) in [6, 6.07) is 3.40. The number of hydrogen-bond acceptors (Lipinski definition) is 1. The Kier molecular flexibility index (Phi) is 4.83. The maximum atomic E-state index is 13.9. The second-order valence-corrected chi connectivity index (χ2v) is 6.82. The first-order valence-electron chi connectivity index (χ1n) is 8.50. The Hall–Kier alpha value is -1.65. The van der Waals surface area contributed by atoms with Gasteiger partial charge in [-0.15, -0.1) is 0 Å². The Morgan fingerprint density at radius 1 is 1.22 bits per heavy atom. The summed E-state index contributed by atoms with van der Waals surface area (Å²) in [7, 11) is 1.71. The largest absolute Gasteiger partial charge is 0.356 e. The molecule has 2 N–H and O–H groups in total. The third-order valence-electron chi connectivity index (χ3n) is 4.97. The van der Waals surface area contributed by atoms with E-state index in [4.69, 9.17) is 0 Å². The zero-order valence-electron chi connectivity index (χ0n) is 13.8. The van der Waals surface area contributed by atoms with E-state index in [2.05, 4.69) is 15.6 Å². The van der Waals surface area contributed by atoms with Crippen LogP contribution in [-0.2, 0) is 0 Å². The SMILES string of the molecule is CN=C(NCC(C1CC1)C1CC1)NC(C)c1ccc(F)cc1F. The lowest BCUT2D eigenvalue weighted by atomic mass is 9.98. The highest BCUT2D eigenvalue weighted by Gasteiger charge is 2.41. The number of nitrogens with one attached hydrogen (secondary N) is 2. The van der Waals surface area contributed by atoms with E-state index in [0.29, 0.717) is 11.5 Å². The summed E-state index contributed by atoms with van der Waals surface area (Å²) in [6.45, 7) is 2.77. The van der Waals surface area contributed by atoms with Gasteiger partial charge in [0.15, 0.2) is 5.96 Å². The molecule has 0 spiro atoms. The summed E-state index contributed by atoms with van der Waals surface area (Å²) >= 11 is 0. The zero-order chi connectivity index (χ0) is 16.4. The van der Waals surface area contributed by atoms with E-state index in [0.717, 1.165) is 30.4 Å². The fourth-order valence-corrected chi connectivity index (χ4v) is 3.31. The van der Waals surface area contributed by atoms with E-state index in [1.807, 2.05) is 6.92 Å². The van der Waals surface area contributed by atoms with Gasteiger partial charge in [-0.25, -0.2) is 8.78 Å². The van der Waals surface area contributed by atoms with E-state index in [9.17, 15) is 8.78 Å². The van der Waals surface area contributed by atoms with Crippen molar-refractivity contribution in [1.82, 2.24) is 10.6 Å². The van der Waals surface area contributed by atoms with E-state index in [-0.39, 0.29) is 6.04 Å². The van der Waals surface area contributed by atoms with Gasteiger partial charge in [-0.3, -0.25) is 4.99 Å². The number of nitrogens with zero attached hydrogens (tertiary/aromatic N) is 1. The molecule has 0 radical (unpaired) electrons. The van der Waals surface area contributed by atoms with Gasteiger partial charge < -0.3 is 10.6 Å². The predicted molar refractivity (Wildman–Crippen MR) is 88.2 cm³/mol. The number of hydrogen-bond donors (Lipinski definition) is 2. The minimum absolute atomic E-state index is 0.276. The van der Waals surface area contributed by atoms with Crippen molar-refractivity contribution < 1.29 is 8.78 Å². The molecule has 1 unspecified atom stereocenters. The molecule has 1 aromatic rings. The Bertz CT molecular complexity index is 568. The predicted octanol–water partition coefficient (Wildman–Crippen LogP) is 3.63. The molecule has 0 aromatic heterocycles. The van der Waals surface area contributed by atoms with Gasteiger partial charge in [-0.1, -0.05) is 6.07 Å². The topological polar surface area (TPSA) is 36.4 Å². The molecule has 0 saturated heterocycles. The third-order valence-corrected chi connectivity index (χ3v) is 4.97. The second kappa shape index (κ2) is 6.85. The molecule has 0 amide bonds. The average molecular weight is 321 g/mol. The number of halogens is 2. The van der Waals surface area contributed by atoms with Crippen molar-refractivity contribution in [3.8, 4) is 0 Å². The highest BCUT2D eigenvalue weighted by atomic mass is 19.1. The summed E-state index contributed by atoms with van der Waals surface area (Å²) in [6.07, 6.45) is 5.41. The molecular weight excluding hydrogens is 296 g/mol. The summed E-state index contributed by atoms with van der Waals surface area (Å²) in [4.78, 5) is 4.23. The Morgan fingerprint density at radius 3 is 2.39 bits per heavy atom. The fraction of sp³-hybridized carbons (Fsp3) is 0.611. The highest BCUT2D eigenvalue weighted by molar-refractivity contribution is 5.80. The second-order valence-electron chi connectivity index (χ2n) is 6.82. The van der Waals surface area contributed by atoms with E-state index >= 15 is 0 Å². The van der Waals surface area contributed by atoms with Crippen molar-refractivity contribution in [3.05, 3.63) is 35.4 Å². The Morgan fingerprint density at radius 2 is 1.87 bits per heavy atom. The molecule has 23 heavy (non-hydrogen) atoms. The first-order chi connectivity index (χ1) is 11.1. The lowest BCUT2D eigenvalue weighted by molar-refractivity contribution is 0.399. The number of aliphatic imine (C=N–C) groups is 1. The monoisotopic (exact) mass is 321 g/mol. The summed E-state index contributed by atoms with van der Waals surface area (Å²) in [5, 5.41) is 6.58. The Labute approximate surface area is 136 Å². The molecule has 1 aromatic carbocycles. The van der Waals surface area contributed by atoms with Gasteiger partial charge in [-0.2, -0.15) is 0 Å². The van der Waals surface area contributed by atoms with E-state index in [1.165, 1.54) is 37.8 Å². The van der Waals surface area contributed by atoms with Gasteiger partial charge >= 0.3 is 0 Å². The summed E-state index contributed by atoms with van der Waals surface area (Å²) in [5.41, 5.74) is 0.440. The number of guanidine groups is 1. The van der Waals surface area contributed by atoms with Crippen molar-refractivity contribution >= 4 is 5.96 Å². The van der Waals surface area contributed by atoms with E-state index in [1.54, 1.807) is 7.05 Å². The Balaban J connectivity index is 1.56. The van der Waals surface area contributed by atoms with Gasteiger partial charge in [0, 0.05) is 25.2 Å². The van der Waals surface area contributed by atoms with Crippen LogP contribution in [0.4, 0.5) is 8.78 Å².